The highest BCUT2D eigenvalue weighted by Crippen LogP contribution is 2.25. The standard InChI is InChI=1S/C18H16ClNO2/c1-11-15-5-3-4-6-16(15)22-17(11)18(21)20-12(2)13-7-9-14(19)10-8-13/h3-10,12H,1-2H3,(H,20,21). The summed E-state index contributed by atoms with van der Waals surface area (Å²) in [6.45, 7) is 3.83. The van der Waals surface area contributed by atoms with Gasteiger partial charge in [0.25, 0.3) is 5.91 Å². The summed E-state index contributed by atoms with van der Waals surface area (Å²) >= 11 is 5.88. The molecule has 1 atom stereocenters. The number of benzene rings is 2. The first-order valence-electron chi connectivity index (χ1n) is 7.10. The zero-order chi connectivity index (χ0) is 15.7. The molecule has 3 aromatic rings. The number of rotatable bonds is 3. The summed E-state index contributed by atoms with van der Waals surface area (Å²) < 4.78 is 5.68. The van der Waals surface area contributed by atoms with Crippen LogP contribution in [0, 0.1) is 6.92 Å². The second kappa shape index (κ2) is 5.85. The van der Waals surface area contributed by atoms with Gasteiger partial charge in [0.2, 0.25) is 0 Å². The molecule has 0 saturated carbocycles. The van der Waals surface area contributed by atoms with Crippen LogP contribution in [0.2, 0.25) is 5.02 Å². The van der Waals surface area contributed by atoms with Gasteiger partial charge in [0.15, 0.2) is 5.76 Å². The third-order valence-corrected chi connectivity index (χ3v) is 4.02. The van der Waals surface area contributed by atoms with Crippen molar-refractivity contribution >= 4 is 28.5 Å². The van der Waals surface area contributed by atoms with Crippen LogP contribution in [0.25, 0.3) is 11.0 Å². The Bertz CT molecular complexity index is 821. The molecule has 112 valence electrons. The Morgan fingerprint density at radius 2 is 1.82 bits per heavy atom. The molecule has 0 aliphatic rings. The quantitative estimate of drug-likeness (QED) is 0.748. The molecule has 0 aliphatic heterocycles. The predicted molar refractivity (Wildman–Crippen MR) is 88.3 cm³/mol. The Morgan fingerprint density at radius 1 is 1.14 bits per heavy atom. The van der Waals surface area contributed by atoms with Gasteiger partial charge in [-0.25, -0.2) is 0 Å². The highest BCUT2D eigenvalue weighted by atomic mass is 35.5. The molecule has 1 amide bonds. The number of para-hydroxylation sites is 1. The summed E-state index contributed by atoms with van der Waals surface area (Å²) in [5.41, 5.74) is 2.58. The molecule has 2 aromatic carbocycles. The van der Waals surface area contributed by atoms with Crippen LogP contribution in [0.3, 0.4) is 0 Å². The van der Waals surface area contributed by atoms with Crippen molar-refractivity contribution in [1.29, 1.82) is 0 Å². The Kier molecular flexibility index (Phi) is 3.90. The number of hydrogen-bond acceptors (Lipinski definition) is 2. The molecular formula is C18H16ClNO2. The van der Waals surface area contributed by atoms with E-state index in [9.17, 15) is 4.79 Å². The minimum atomic E-state index is -0.212. The normalized spacial score (nSPS) is 12.3. The fourth-order valence-corrected chi connectivity index (χ4v) is 2.61. The summed E-state index contributed by atoms with van der Waals surface area (Å²) in [4.78, 5) is 12.5. The van der Waals surface area contributed by atoms with Gasteiger partial charge in [-0.05, 0) is 37.6 Å². The van der Waals surface area contributed by atoms with E-state index in [1.807, 2.05) is 62.4 Å². The summed E-state index contributed by atoms with van der Waals surface area (Å²) in [7, 11) is 0. The molecule has 1 unspecified atom stereocenters. The van der Waals surface area contributed by atoms with Crippen molar-refractivity contribution in [2.45, 2.75) is 19.9 Å². The molecule has 0 aliphatic carbocycles. The van der Waals surface area contributed by atoms with Crippen LogP contribution in [0.4, 0.5) is 0 Å². The number of furan rings is 1. The van der Waals surface area contributed by atoms with E-state index in [2.05, 4.69) is 5.32 Å². The molecule has 1 aromatic heterocycles. The Labute approximate surface area is 133 Å². The molecular weight excluding hydrogens is 298 g/mol. The van der Waals surface area contributed by atoms with Crippen molar-refractivity contribution in [2.24, 2.45) is 0 Å². The molecule has 0 fully saturated rings. The van der Waals surface area contributed by atoms with Gasteiger partial charge in [-0.1, -0.05) is 41.9 Å². The van der Waals surface area contributed by atoms with Crippen molar-refractivity contribution in [1.82, 2.24) is 5.32 Å². The summed E-state index contributed by atoms with van der Waals surface area (Å²) in [6, 6.07) is 14.9. The van der Waals surface area contributed by atoms with Crippen LogP contribution in [-0.4, -0.2) is 5.91 Å². The second-order valence-corrected chi connectivity index (χ2v) is 5.74. The minimum absolute atomic E-state index is 0.127. The lowest BCUT2D eigenvalue weighted by atomic mass is 10.1. The largest absolute Gasteiger partial charge is 0.451 e. The van der Waals surface area contributed by atoms with Crippen molar-refractivity contribution < 1.29 is 9.21 Å². The first kappa shape index (κ1) is 14.7. The Morgan fingerprint density at radius 3 is 2.50 bits per heavy atom. The number of fused-ring (bicyclic) bond motifs is 1. The molecule has 0 spiro atoms. The maximum Gasteiger partial charge on any atom is 0.287 e. The third-order valence-electron chi connectivity index (χ3n) is 3.77. The molecule has 22 heavy (non-hydrogen) atoms. The van der Waals surface area contributed by atoms with Gasteiger partial charge in [0.05, 0.1) is 6.04 Å². The maximum absolute atomic E-state index is 12.5. The molecule has 1 heterocycles. The highest BCUT2D eigenvalue weighted by Gasteiger charge is 2.19. The van der Waals surface area contributed by atoms with Crippen molar-refractivity contribution in [3.63, 3.8) is 0 Å². The molecule has 4 heteroatoms. The van der Waals surface area contributed by atoms with Crippen molar-refractivity contribution in [2.75, 3.05) is 0 Å². The van der Waals surface area contributed by atoms with Crippen LogP contribution in [-0.2, 0) is 0 Å². The molecule has 0 bridgehead atoms. The second-order valence-electron chi connectivity index (χ2n) is 5.30. The van der Waals surface area contributed by atoms with E-state index in [0.29, 0.717) is 10.8 Å². The van der Waals surface area contributed by atoms with Crippen LogP contribution < -0.4 is 5.32 Å². The van der Waals surface area contributed by atoms with Gasteiger partial charge in [0.1, 0.15) is 5.58 Å². The Balaban J connectivity index is 1.84. The van der Waals surface area contributed by atoms with Crippen LogP contribution in [0.5, 0.6) is 0 Å². The highest BCUT2D eigenvalue weighted by molar-refractivity contribution is 6.30. The molecule has 3 rings (SSSR count). The van der Waals surface area contributed by atoms with Gasteiger partial charge in [-0.3, -0.25) is 4.79 Å². The predicted octanol–water partition coefficient (Wildman–Crippen LogP) is 4.89. The van der Waals surface area contributed by atoms with Gasteiger partial charge < -0.3 is 9.73 Å². The van der Waals surface area contributed by atoms with Crippen LogP contribution in [0.15, 0.2) is 52.9 Å². The van der Waals surface area contributed by atoms with E-state index in [4.69, 9.17) is 16.0 Å². The minimum Gasteiger partial charge on any atom is -0.451 e. The molecule has 3 nitrogen and oxygen atoms in total. The first-order chi connectivity index (χ1) is 10.6. The number of carbonyl (C=O) groups excluding carboxylic acids is 1. The van der Waals surface area contributed by atoms with Gasteiger partial charge in [-0.2, -0.15) is 0 Å². The van der Waals surface area contributed by atoms with E-state index in [1.165, 1.54) is 0 Å². The number of hydrogen-bond donors (Lipinski definition) is 1. The van der Waals surface area contributed by atoms with E-state index in [0.717, 1.165) is 22.1 Å². The van der Waals surface area contributed by atoms with E-state index in [1.54, 1.807) is 0 Å². The summed E-state index contributed by atoms with van der Waals surface area (Å²) in [5, 5.41) is 4.60. The number of halogens is 1. The summed E-state index contributed by atoms with van der Waals surface area (Å²) in [6.07, 6.45) is 0. The average Bonchev–Trinajstić information content (AvgIpc) is 2.85. The van der Waals surface area contributed by atoms with E-state index in [-0.39, 0.29) is 11.9 Å². The zero-order valence-corrected chi connectivity index (χ0v) is 13.1. The summed E-state index contributed by atoms with van der Waals surface area (Å²) in [5.74, 6) is 0.151. The topological polar surface area (TPSA) is 42.2 Å². The number of nitrogens with one attached hydrogen (secondary N) is 1. The SMILES string of the molecule is Cc1c(C(=O)NC(C)c2ccc(Cl)cc2)oc2ccccc12. The Hall–Kier alpha value is -2.26. The molecule has 0 saturated heterocycles. The fourth-order valence-electron chi connectivity index (χ4n) is 2.49. The lowest BCUT2D eigenvalue weighted by Gasteiger charge is -2.13. The zero-order valence-electron chi connectivity index (χ0n) is 12.4. The maximum atomic E-state index is 12.5. The van der Waals surface area contributed by atoms with Crippen molar-refractivity contribution in [3.8, 4) is 0 Å². The fraction of sp³-hybridized carbons (Fsp3) is 0.167. The first-order valence-corrected chi connectivity index (χ1v) is 7.48. The van der Waals surface area contributed by atoms with Gasteiger partial charge in [0, 0.05) is 16.0 Å². The monoisotopic (exact) mass is 313 g/mol. The average molecular weight is 314 g/mol. The third kappa shape index (κ3) is 2.72. The number of aryl methyl sites for hydroxylation is 1. The van der Waals surface area contributed by atoms with Crippen LogP contribution in [0.1, 0.15) is 34.6 Å². The molecule has 0 radical (unpaired) electrons. The number of amides is 1. The number of carbonyl (C=O) groups is 1. The van der Waals surface area contributed by atoms with Crippen molar-refractivity contribution in [3.05, 3.63) is 70.4 Å². The molecule has 1 N–H and O–H groups in total. The van der Waals surface area contributed by atoms with E-state index >= 15 is 0 Å². The van der Waals surface area contributed by atoms with E-state index < -0.39 is 0 Å². The lowest BCUT2D eigenvalue weighted by molar-refractivity contribution is 0.0913. The van der Waals surface area contributed by atoms with Gasteiger partial charge in [-0.15, -0.1) is 0 Å². The van der Waals surface area contributed by atoms with Gasteiger partial charge >= 0.3 is 0 Å². The smallest absolute Gasteiger partial charge is 0.287 e. The van der Waals surface area contributed by atoms with Crippen LogP contribution >= 0.6 is 11.6 Å². The lowest BCUT2D eigenvalue weighted by Crippen LogP contribution is -2.26.